The highest BCUT2D eigenvalue weighted by atomic mass is 16.6. The van der Waals surface area contributed by atoms with E-state index in [9.17, 15) is 14.9 Å². The maximum atomic E-state index is 11.8. The summed E-state index contributed by atoms with van der Waals surface area (Å²) in [5.41, 5.74) is -0.595. The molecule has 0 aromatic heterocycles. The van der Waals surface area contributed by atoms with Gasteiger partial charge in [0.25, 0.3) is 5.69 Å². The highest BCUT2D eigenvalue weighted by Crippen LogP contribution is 2.30. The SMILES string of the molecule is CC(=O)C1(c2ccc([N+](=O)[O-])cc2)NC(C)CO1. The number of ether oxygens (including phenoxy) is 1. The summed E-state index contributed by atoms with van der Waals surface area (Å²) in [5.74, 6) is -0.166. The lowest BCUT2D eigenvalue weighted by Gasteiger charge is -2.26. The molecule has 2 unspecified atom stereocenters. The molecule has 1 heterocycles. The van der Waals surface area contributed by atoms with Crippen LogP contribution in [0.3, 0.4) is 0 Å². The molecule has 6 nitrogen and oxygen atoms in total. The molecule has 1 aliphatic rings. The number of ketones is 1. The Hall–Kier alpha value is -1.79. The molecule has 96 valence electrons. The van der Waals surface area contributed by atoms with Crippen LogP contribution in [0.5, 0.6) is 0 Å². The number of benzene rings is 1. The molecule has 1 aromatic rings. The molecule has 0 bridgehead atoms. The molecular weight excluding hydrogens is 236 g/mol. The minimum Gasteiger partial charge on any atom is -0.348 e. The Labute approximate surface area is 104 Å². The molecule has 1 fully saturated rings. The van der Waals surface area contributed by atoms with Crippen LogP contribution in [0.2, 0.25) is 0 Å². The number of Topliss-reactive ketones (excluding diaryl/α,β-unsaturated/α-hetero) is 1. The van der Waals surface area contributed by atoms with Gasteiger partial charge in [-0.05, 0) is 26.0 Å². The predicted octanol–water partition coefficient (Wildman–Crippen LogP) is 1.34. The molecule has 2 atom stereocenters. The Balaban J connectivity index is 2.38. The number of rotatable bonds is 3. The number of nitro benzene ring substituents is 1. The van der Waals surface area contributed by atoms with Crippen LogP contribution in [0.15, 0.2) is 24.3 Å². The number of carbonyl (C=O) groups is 1. The van der Waals surface area contributed by atoms with E-state index in [1.807, 2.05) is 6.92 Å². The molecular formula is C12H14N2O4. The summed E-state index contributed by atoms with van der Waals surface area (Å²) in [4.78, 5) is 21.9. The molecule has 2 rings (SSSR count). The van der Waals surface area contributed by atoms with Gasteiger partial charge in [-0.3, -0.25) is 20.2 Å². The first-order valence-electron chi connectivity index (χ1n) is 5.63. The van der Waals surface area contributed by atoms with E-state index in [1.165, 1.54) is 19.1 Å². The standard InChI is InChI=1S/C12H14N2O4/c1-8-7-18-12(13-8,9(2)15)10-3-5-11(6-4-10)14(16)17/h3-6,8,13H,7H2,1-2H3. The number of non-ortho nitro benzene ring substituents is 1. The fourth-order valence-corrected chi connectivity index (χ4v) is 2.07. The van der Waals surface area contributed by atoms with Gasteiger partial charge < -0.3 is 4.74 Å². The topological polar surface area (TPSA) is 81.5 Å². The number of nitrogens with one attached hydrogen (secondary N) is 1. The van der Waals surface area contributed by atoms with Gasteiger partial charge >= 0.3 is 0 Å². The largest absolute Gasteiger partial charge is 0.348 e. The Morgan fingerprint density at radius 1 is 1.50 bits per heavy atom. The lowest BCUT2D eigenvalue weighted by molar-refractivity contribution is -0.384. The zero-order valence-corrected chi connectivity index (χ0v) is 10.2. The normalized spacial score (nSPS) is 27.1. The third-order valence-corrected chi connectivity index (χ3v) is 2.98. The molecule has 18 heavy (non-hydrogen) atoms. The molecule has 6 heteroatoms. The Bertz CT molecular complexity index is 485. The van der Waals surface area contributed by atoms with Crippen LogP contribution in [-0.2, 0) is 15.3 Å². The van der Waals surface area contributed by atoms with E-state index in [4.69, 9.17) is 4.74 Å². The van der Waals surface area contributed by atoms with Gasteiger partial charge in [0.15, 0.2) is 5.78 Å². The van der Waals surface area contributed by atoms with Crippen LogP contribution >= 0.6 is 0 Å². The first-order valence-corrected chi connectivity index (χ1v) is 5.63. The van der Waals surface area contributed by atoms with Crippen molar-refractivity contribution >= 4 is 11.5 Å². The summed E-state index contributed by atoms with van der Waals surface area (Å²) in [5, 5.41) is 13.7. The van der Waals surface area contributed by atoms with E-state index >= 15 is 0 Å². The summed E-state index contributed by atoms with van der Waals surface area (Å²) in [7, 11) is 0. The molecule has 0 saturated carbocycles. The molecule has 0 aliphatic carbocycles. The molecule has 0 amide bonds. The van der Waals surface area contributed by atoms with E-state index in [-0.39, 0.29) is 17.5 Å². The monoisotopic (exact) mass is 250 g/mol. The summed E-state index contributed by atoms with van der Waals surface area (Å²) >= 11 is 0. The average Bonchev–Trinajstić information content (AvgIpc) is 2.73. The molecule has 1 aromatic carbocycles. The first-order chi connectivity index (χ1) is 8.45. The third-order valence-electron chi connectivity index (χ3n) is 2.98. The van der Waals surface area contributed by atoms with Crippen LogP contribution in [0.1, 0.15) is 19.4 Å². The summed E-state index contributed by atoms with van der Waals surface area (Å²) in [6.45, 7) is 3.78. The first kappa shape index (κ1) is 12.7. The summed E-state index contributed by atoms with van der Waals surface area (Å²) in [6.07, 6.45) is 0. The van der Waals surface area contributed by atoms with Crippen molar-refractivity contribution in [2.75, 3.05) is 6.61 Å². The van der Waals surface area contributed by atoms with E-state index in [1.54, 1.807) is 12.1 Å². The molecule has 1 saturated heterocycles. The number of nitro groups is 1. The molecule has 0 radical (unpaired) electrons. The van der Waals surface area contributed by atoms with E-state index in [0.717, 1.165) is 0 Å². The zero-order valence-electron chi connectivity index (χ0n) is 10.2. The van der Waals surface area contributed by atoms with Gasteiger partial charge in [0, 0.05) is 23.7 Å². The predicted molar refractivity (Wildman–Crippen MR) is 64.0 cm³/mol. The molecule has 0 spiro atoms. The van der Waals surface area contributed by atoms with Crippen molar-refractivity contribution in [2.24, 2.45) is 0 Å². The van der Waals surface area contributed by atoms with Crippen molar-refractivity contribution in [1.29, 1.82) is 0 Å². The average molecular weight is 250 g/mol. The quantitative estimate of drug-likeness (QED) is 0.646. The molecule has 1 N–H and O–H groups in total. The van der Waals surface area contributed by atoms with Crippen molar-refractivity contribution in [3.8, 4) is 0 Å². The number of carbonyl (C=O) groups excluding carboxylic acids is 1. The zero-order chi connectivity index (χ0) is 13.3. The Morgan fingerprint density at radius 2 is 2.11 bits per heavy atom. The third kappa shape index (κ3) is 2.00. The van der Waals surface area contributed by atoms with Crippen molar-refractivity contribution in [1.82, 2.24) is 5.32 Å². The number of hydrogen-bond donors (Lipinski definition) is 1. The smallest absolute Gasteiger partial charge is 0.269 e. The van der Waals surface area contributed by atoms with Crippen LogP contribution in [0.25, 0.3) is 0 Å². The van der Waals surface area contributed by atoms with Crippen LogP contribution in [-0.4, -0.2) is 23.4 Å². The van der Waals surface area contributed by atoms with Crippen molar-refractivity contribution in [3.05, 3.63) is 39.9 Å². The number of hydrogen-bond acceptors (Lipinski definition) is 5. The fraction of sp³-hybridized carbons (Fsp3) is 0.417. The molecule has 1 aliphatic heterocycles. The van der Waals surface area contributed by atoms with Gasteiger partial charge in [-0.2, -0.15) is 0 Å². The van der Waals surface area contributed by atoms with Gasteiger partial charge in [-0.15, -0.1) is 0 Å². The highest BCUT2D eigenvalue weighted by Gasteiger charge is 2.44. The van der Waals surface area contributed by atoms with Crippen LogP contribution in [0.4, 0.5) is 5.69 Å². The van der Waals surface area contributed by atoms with Gasteiger partial charge in [0.05, 0.1) is 11.5 Å². The summed E-state index contributed by atoms with van der Waals surface area (Å²) < 4.78 is 5.57. The second kappa shape index (κ2) is 4.47. The Morgan fingerprint density at radius 3 is 2.50 bits per heavy atom. The van der Waals surface area contributed by atoms with Crippen molar-refractivity contribution < 1.29 is 14.5 Å². The highest BCUT2D eigenvalue weighted by molar-refractivity contribution is 5.86. The minimum absolute atomic E-state index is 0.0107. The fourth-order valence-electron chi connectivity index (χ4n) is 2.07. The number of nitrogens with zero attached hydrogens (tertiary/aromatic N) is 1. The van der Waals surface area contributed by atoms with Gasteiger partial charge in [0.1, 0.15) is 0 Å². The minimum atomic E-state index is -1.17. The maximum absolute atomic E-state index is 11.8. The van der Waals surface area contributed by atoms with Gasteiger partial charge in [-0.25, -0.2) is 0 Å². The lowest BCUT2D eigenvalue weighted by Crippen LogP contribution is -2.46. The van der Waals surface area contributed by atoms with Gasteiger partial charge in [-0.1, -0.05) is 0 Å². The van der Waals surface area contributed by atoms with Crippen molar-refractivity contribution in [2.45, 2.75) is 25.6 Å². The van der Waals surface area contributed by atoms with Gasteiger partial charge in [0.2, 0.25) is 5.72 Å². The maximum Gasteiger partial charge on any atom is 0.269 e. The van der Waals surface area contributed by atoms with E-state index < -0.39 is 10.6 Å². The van der Waals surface area contributed by atoms with Crippen LogP contribution in [0, 0.1) is 10.1 Å². The van der Waals surface area contributed by atoms with Crippen LogP contribution < -0.4 is 5.32 Å². The van der Waals surface area contributed by atoms with E-state index in [0.29, 0.717) is 12.2 Å². The second-order valence-corrected chi connectivity index (χ2v) is 4.40. The lowest BCUT2D eigenvalue weighted by atomic mass is 9.98. The second-order valence-electron chi connectivity index (χ2n) is 4.40. The summed E-state index contributed by atoms with van der Waals surface area (Å²) in [6, 6.07) is 5.89. The Kier molecular flexibility index (Phi) is 3.14. The van der Waals surface area contributed by atoms with Crippen molar-refractivity contribution in [3.63, 3.8) is 0 Å². The van der Waals surface area contributed by atoms with E-state index in [2.05, 4.69) is 5.32 Å².